The zero-order valence-electron chi connectivity index (χ0n) is 12.1. The number of benzene rings is 1. The average Bonchev–Trinajstić information content (AvgIpc) is 2.44. The molecular weight excluding hydrogens is 306 g/mol. The number of carboxylic acid groups (broad SMARTS) is 1. The van der Waals surface area contributed by atoms with Crippen molar-refractivity contribution in [2.45, 2.75) is 31.7 Å². The molecule has 0 saturated carbocycles. The Kier molecular flexibility index (Phi) is 5.18. The van der Waals surface area contributed by atoms with E-state index in [1.54, 1.807) is 18.2 Å². The van der Waals surface area contributed by atoms with Crippen LogP contribution in [-0.4, -0.2) is 42.9 Å². The molecule has 1 unspecified atom stereocenters. The van der Waals surface area contributed by atoms with Crippen LogP contribution in [0.15, 0.2) is 24.3 Å². The van der Waals surface area contributed by atoms with Gasteiger partial charge in [-0.15, -0.1) is 0 Å². The predicted molar refractivity (Wildman–Crippen MR) is 81.5 cm³/mol. The van der Waals surface area contributed by atoms with Crippen molar-refractivity contribution in [3.05, 3.63) is 35.4 Å². The minimum Gasteiger partial charge on any atom is -0.478 e. The first-order valence-corrected chi connectivity index (χ1v) is 9.00. The quantitative estimate of drug-likeness (QED) is 0.841. The summed E-state index contributed by atoms with van der Waals surface area (Å²) >= 11 is 0. The number of hydrogen-bond donors (Lipinski definition) is 2. The highest BCUT2D eigenvalue weighted by molar-refractivity contribution is 7.91. The minimum atomic E-state index is -3.06. The van der Waals surface area contributed by atoms with Crippen LogP contribution in [-0.2, 0) is 21.1 Å². The minimum absolute atomic E-state index is 0.00947. The summed E-state index contributed by atoms with van der Waals surface area (Å²) in [6, 6.07) is 6.22. The van der Waals surface area contributed by atoms with Gasteiger partial charge in [0.25, 0.3) is 0 Å². The highest BCUT2D eigenvalue weighted by atomic mass is 32.2. The van der Waals surface area contributed by atoms with E-state index >= 15 is 0 Å². The molecule has 0 bridgehead atoms. The van der Waals surface area contributed by atoms with Crippen LogP contribution in [0.1, 0.15) is 35.2 Å². The van der Waals surface area contributed by atoms with Crippen molar-refractivity contribution in [1.29, 1.82) is 0 Å². The summed E-state index contributed by atoms with van der Waals surface area (Å²) in [7, 11) is -3.06. The number of carbonyl (C=O) groups excluding carboxylic acids is 1. The van der Waals surface area contributed by atoms with E-state index < -0.39 is 15.8 Å². The molecule has 7 heteroatoms. The summed E-state index contributed by atoms with van der Waals surface area (Å²) in [6.07, 6.45) is 1.68. The number of sulfone groups is 1. The topological polar surface area (TPSA) is 101 Å². The largest absolute Gasteiger partial charge is 0.478 e. The summed E-state index contributed by atoms with van der Waals surface area (Å²) in [5.41, 5.74) is 0.789. The van der Waals surface area contributed by atoms with Crippen molar-refractivity contribution in [3.63, 3.8) is 0 Å². The van der Waals surface area contributed by atoms with Crippen LogP contribution in [0, 0.1) is 0 Å². The molecule has 2 rings (SSSR count). The number of carbonyl (C=O) groups is 2. The second kappa shape index (κ2) is 6.91. The third-order valence-corrected chi connectivity index (χ3v) is 5.52. The molecule has 1 heterocycles. The van der Waals surface area contributed by atoms with Gasteiger partial charge in [-0.3, -0.25) is 4.79 Å². The van der Waals surface area contributed by atoms with Gasteiger partial charge in [-0.05, 0) is 30.9 Å². The zero-order valence-corrected chi connectivity index (χ0v) is 12.9. The van der Waals surface area contributed by atoms with Gasteiger partial charge in [-0.25, -0.2) is 13.2 Å². The molecule has 0 radical (unpaired) electrons. The van der Waals surface area contributed by atoms with Crippen molar-refractivity contribution in [3.8, 4) is 0 Å². The van der Waals surface area contributed by atoms with Gasteiger partial charge in [0, 0.05) is 12.5 Å². The molecule has 0 spiro atoms. The molecule has 1 fully saturated rings. The third kappa shape index (κ3) is 4.56. The monoisotopic (exact) mass is 325 g/mol. The fourth-order valence-electron chi connectivity index (χ4n) is 2.63. The van der Waals surface area contributed by atoms with E-state index in [0.29, 0.717) is 24.8 Å². The standard InChI is InChI=1S/C15H19NO5S/c17-14(16-12-5-3-9-22(20,21)10-12)8-7-11-4-1-2-6-13(11)15(18)19/h1-2,4,6,12H,3,5,7-10H2,(H,16,17)(H,18,19). The Hall–Kier alpha value is -1.89. The number of hydrogen-bond acceptors (Lipinski definition) is 4. The first-order valence-electron chi connectivity index (χ1n) is 7.18. The lowest BCUT2D eigenvalue weighted by molar-refractivity contribution is -0.121. The molecule has 120 valence electrons. The van der Waals surface area contributed by atoms with Crippen molar-refractivity contribution in [1.82, 2.24) is 5.32 Å². The number of carboxylic acids is 1. The third-order valence-electron chi connectivity index (χ3n) is 3.70. The van der Waals surface area contributed by atoms with Crippen molar-refractivity contribution in [2.24, 2.45) is 0 Å². The van der Waals surface area contributed by atoms with E-state index in [9.17, 15) is 18.0 Å². The molecule has 6 nitrogen and oxygen atoms in total. The average molecular weight is 325 g/mol. The van der Waals surface area contributed by atoms with Crippen LogP contribution in [0.3, 0.4) is 0 Å². The first-order chi connectivity index (χ1) is 10.4. The molecule has 22 heavy (non-hydrogen) atoms. The molecule has 1 atom stereocenters. The number of aryl methyl sites for hydroxylation is 1. The smallest absolute Gasteiger partial charge is 0.335 e. The van der Waals surface area contributed by atoms with Crippen molar-refractivity contribution in [2.75, 3.05) is 11.5 Å². The molecular formula is C15H19NO5S. The Morgan fingerprint density at radius 2 is 2.00 bits per heavy atom. The Morgan fingerprint density at radius 1 is 1.27 bits per heavy atom. The van der Waals surface area contributed by atoms with Crippen LogP contribution in [0.5, 0.6) is 0 Å². The van der Waals surface area contributed by atoms with Gasteiger partial charge in [0.15, 0.2) is 9.84 Å². The molecule has 1 aliphatic heterocycles. The zero-order chi connectivity index (χ0) is 16.2. The van der Waals surface area contributed by atoms with Crippen LogP contribution in [0.25, 0.3) is 0 Å². The van der Waals surface area contributed by atoms with Gasteiger partial charge in [-0.1, -0.05) is 18.2 Å². The van der Waals surface area contributed by atoms with Crippen LogP contribution < -0.4 is 5.32 Å². The summed E-state index contributed by atoms with van der Waals surface area (Å²) in [4.78, 5) is 23.0. The maximum atomic E-state index is 11.9. The van der Waals surface area contributed by atoms with Crippen LogP contribution >= 0.6 is 0 Å². The summed E-state index contributed by atoms with van der Waals surface area (Å²) < 4.78 is 23.0. The van der Waals surface area contributed by atoms with Crippen molar-refractivity contribution < 1.29 is 23.1 Å². The van der Waals surface area contributed by atoms with Crippen LogP contribution in [0.4, 0.5) is 0 Å². The molecule has 1 aromatic rings. The lowest BCUT2D eigenvalue weighted by Gasteiger charge is -2.23. The van der Waals surface area contributed by atoms with Gasteiger partial charge in [-0.2, -0.15) is 0 Å². The molecule has 1 saturated heterocycles. The molecule has 1 aliphatic rings. The predicted octanol–water partition coefficient (Wildman–Crippen LogP) is 1.01. The lowest BCUT2D eigenvalue weighted by Crippen LogP contribution is -2.43. The van der Waals surface area contributed by atoms with E-state index in [1.807, 2.05) is 0 Å². The number of amides is 1. The maximum Gasteiger partial charge on any atom is 0.335 e. The number of rotatable bonds is 5. The fraction of sp³-hybridized carbons (Fsp3) is 0.467. The summed E-state index contributed by atoms with van der Waals surface area (Å²) in [5, 5.41) is 11.8. The summed E-state index contributed by atoms with van der Waals surface area (Å²) in [5.74, 6) is -1.09. The lowest BCUT2D eigenvalue weighted by atomic mass is 10.0. The highest BCUT2D eigenvalue weighted by Gasteiger charge is 2.25. The summed E-state index contributed by atoms with van der Waals surface area (Å²) in [6.45, 7) is 0. The Labute approximate surface area is 129 Å². The number of nitrogens with one attached hydrogen (secondary N) is 1. The van der Waals surface area contributed by atoms with Gasteiger partial charge in [0.2, 0.25) is 5.91 Å². The van der Waals surface area contributed by atoms with Gasteiger partial charge >= 0.3 is 5.97 Å². The second-order valence-corrected chi connectivity index (χ2v) is 7.71. The number of aromatic carboxylic acids is 1. The van der Waals surface area contributed by atoms with E-state index in [0.717, 1.165) is 0 Å². The molecule has 1 aromatic carbocycles. The van der Waals surface area contributed by atoms with Gasteiger partial charge in [0.05, 0.1) is 17.1 Å². The Morgan fingerprint density at radius 3 is 2.68 bits per heavy atom. The molecule has 1 amide bonds. The van der Waals surface area contributed by atoms with E-state index in [4.69, 9.17) is 5.11 Å². The molecule has 0 aliphatic carbocycles. The SMILES string of the molecule is O=C(CCc1ccccc1C(=O)O)NC1CCCS(=O)(=O)C1. The van der Waals surface area contributed by atoms with Gasteiger partial charge in [0.1, 0.15) is 0 Å². The highest BCUT2D eigenvalue weighted by Crippen LogP contribution is 2.14. The first kappa shape index (κ1) is 16.5. The Balaban J connectivity index is 1.90. The van der Waals surface area contributed by atoms with E-state index in [-0.39, 0.29) is 35.4 Å². The van der Waals surface area contributed by atoms with E-state index in [1.165, 1.54) is 6.07 Å². The van der Waals surface area contributed by atoms with E-state index in [2.05, 4.69) is 5.32 Å². The molecule has 0 aromatic heterocycles. The second-order valence-electron chi connectivity index (χ2n) is 5.48. The Bertz CT molecular complexity index is 668. The maximum absolute atomic E-state index is 11.9. The van der Waals surface area contributed by atoms with Crippen LogP contribution in [0.2, 0.25) is 0 Å². The molecule has 2 N–H and O–H groups in total. The van der Waals surface area contributed by atoms with Crippen molar-refractivity contribution >= 4 is 21.7 Å². The normalized spacial score (nSPS) is 20.3. The fourth-order valence-corrected chi connectivity index (χ4v) is 4.27. The van der Waals surface area contributed by atoms with Gasteiger partial charge < -0.3 is 10.4 Å².